The maximum atomic E-state index is 10.8. The summed E-state index contributed by atoms with van der Waals surface area (Å²) in [4.78, 5) is 14.3. The highest BCUT2D eigenvalue weighted by Gasteiger charge is 2.19. The zero-order valence-corrected chi connectivity index (χ0v) is 10.1. The average molecular weight is 254 g/mol. The van der Waals surface area contributed by atoms with Crippen molar-refractivity contribution in [2.24, 2.45) is 5.92 Å². The van der Waals surface area contributed by atoms with Crippen molar-refractivity contribution in [1.82, 2.24) is 4.98 Å². The van der Waals surface area contributed by atoms with Gasteiger partial charge in [-0.05, 0) is 29.9 Å². The number of hydrogen-bond donors (Lipinski definition) is 2. The van der Waals surface area contributed by atoms with Crippen molar-refractivity contribution in [2.75, 3.05) is 29.1 Å². The van der Waals surface area contributed by atoms with Gasteiger partial charge in [0.25, 0.3) is 0 Å². The van der Waals surface area contributed by atoms with E-state index in [1.807, 2.05) is 11.8 Å². The van der Waals surface area contributed by atoms with Crippen LogP contribution in [0.15, 0.2) is 12.1 Å². The van der Waals surface area contributed by atoms with Crippen LogP contribution in [-0.4, -0.2) is 28.0 Å². The Kier molecular flexibility index (Phi) is 3.68. The van der Waals surface area contributed by atoms with Crippen molar-refractivity contribution in [3.8, 4) is 0 Å². The Bertz CT molecular complexity index is 421. The molecule has 2 heterocycles. The Hall–Kier alpha value is -1.50. The molecule has 2 rings (SSSR count). The highest BCUT2D eigenvalue weighted by molar-refractivity contribution is 7.99. The number of hydrogen-bond acceptors (Lipinski definition) is 6. The molecule has 0 spiro atoms. The fraction of sp³-hybridized carbons (Fsp3) is 0.500. The van der Waals surface area contributed by atoms with Gasteiger partial charge in [-0.2, -0.15) is 11.8 Å². The summed E-state index contributed by atoms with van der Waals surface area (Å²) in [5.41, 5.74) is 5.51. The van der Waals surface area contributed by atoms with Crippen LogP contribution in [0.5, 0.6) is 0 Å². The second-order valence-corrected chi connectivity index (χ2v) is 5.12. The van der Waals surface area contributed by atoms with Crippen LogP contribution in [0, 0.1) is 16.0 Å². The molecule has 1 saturated heterocycles. The second-order valence-electron chi connectivity index (χ2n) is 3.97. The van der Waals surface area contributed by atoms with E-state index >= 15 is 0 Å². The van der Waals surface area contributed by atoms with Gasteiger partial charge in [-0.1, -0.05) is 0 Å². The van der Waals surface area contributed by atoms with E-state index in [-0.39, 0.29) is 11.5 Å². The first kappa shape index (κ1) is 12.0. The topological polar surface area (TPSA) is 94.1 Å². The summed E-state index contributed by atoms with van der Waals surface area (Å²) in [5.74, 6) is 3.38. The average Bonchev–Trinajstić information content (AvgIpc) is 2.78. The van der Waals surface area contributed by atoms with Crippen LogP contribution in [0.2, 0.25) is 0 Å². The van der Waals surface area contributed by atoms with Gasteiger partial charge in [0.2, 0.25) is 5.82 Å². The van der Waals surface area contributed by atoms with Crippen LogP contribution in [0.4, 0.5) is 17.3 Å². The van der Waals surface area contributed by atoms with Crippen molar-refractivity contribution in [3.63, 3.8) is 0 Å². The van der Waals surface area contributed by atoms with Gasteiger partial charge in [0, 0.05) is 12.6 Å². The molecule has 1 aromatic rings. The minimum atomic E-state index is -0.446. The molecule has 17 heavy (non-hydrogen) atoms. The molecule has 1 aromatic heterocycles. The molecule has 6 nitrogen and oxygen atoms in total. The van der Waals surface area contributed by atoms with Gasteiger partial charge < -0.3 is 11.1 Å². The Morgan fingerprint density at radius 2 is 2.47 bits per heavy atom. The third-order valence-corrected chi connectivity index (χ3v) is 3.91. The molecule has 1 fully saturated rings. The number of rotatable bonds is 4. The van der Waals surface area contributed by atoms with E-state index in [0.717, 1.165) is 12.2 Å². The molecule has 92 valence electrons. The standard InChI is InChI=1S/C10H14N4O2S/c11-9-2-1-8(14(15)16)10(13-9)12-5-7-3-4-17-6-7/h1-2,7H,3-6H2,(H3,11,12,13). The number of anilines is 2. The normalized spacial score (nSPS) is 19.2. The fourth-order valence-corrected chi connectivity index (χ4v) is 3.01. The molecule has 1 aliphatic heterocycles. The number of aromatic nitrogens is 1. The summed E-state index contributed by atoms with van der Waals surface area (Å²) < 4.78 is 0. The first-order valence-corrected chi connectivity index (χ1v) is 6.55. The van der Waals surface area contributed by atoms with Crippen molar-refractivity contribution in [2.45, 2.75) is 6.42 Å². The molecular formula is C10H14N4O2S. The predicted octanol–water partition coefficient (Wildman–Crippen LogP) is 1.74. The summed E-state index contributed by atoms with van der Waals surface area (Å²) in [5, 5.41) is 13.8. The number of pyridine rings is 1. The van der Waals surface area contributed by atoms with Gasteiger partial charge in [0.05, 0.1) is 4.92 Å². The molecule has 0 amide bonds. The number of nitrogens with zero attached hydrogens (tertiary/aromatic N) is 2. The first-order valence-electron chi connectivity index (χ1n) is 5.39. The molecule has 0 aromatic carbocycles. The first-order chi connectivity index (χ1) is 8.16. The van der Waals surface area contributed by atoms with E-state index in [9.17, 15) is 10.1 Å². The number of nitro groups is 1. The van der Waals surface area contributed by atoms with Crippen LogP contribution in [0.1, 0.15) is 6.42 Å². The molecule has 1 aliphatic rings. The minimum Gasteiger partial charge on any atom is -0.384 e. The summed E-state index contributed by atoms with van der Waals surface area (Å²) in [6.07, 6.45) is 1.15. The number of nitrogens with one attached hydrogen (secondary N) is 1. The van der Waals surface area contributed by atoms with E-state index in [4.69, 9.17) is 5.73 Å². The van der Waals surface area contributed by atoms with Crippen LogP contribution in [0.25, 0.3) is 0 Å². The van der Waals surface area contributed by atoms with Crippen molar-refractivity contribution >= 4 is 29.1 Å². The van der Waals surface area contributed by atoms with E-state index in [1.54, 1.807) is 0 Å². The smallest absolute Gasteiger partial charge is 0.311 e. The molecule has 1 atom stereocenters. The lowest BCUT2D eigenvalue weighted by molar-refractivity contribution is -0.384. The molecule has 0 bridgehead atoms. The third-order valence-electron chi connectivity index (χ3n) is 2.67. The van der Waals surface area contributed by atoms with Crippen LogP contribution in [0.3, 0.4) is 0 Å². The van der Waals surface area contributed by atoms with E-state index in [2.05, 4.69) is 10.3 Å². The second kappa shape index (κ2) is 5.22. The predicted molar refractivity (Wildman–Crippen MR) is 69.2 cm³/mol. The number of nitrogen functional groups attached to an aromatic ring is 1. The van der Waals surface area contributed by atoms with E-state index < -0.39 is 4.92 Å². The number of nitrogens with two attached hydrogens (primary N) is 1. The molecule has 3 N–H and O–H groups in total. The van der Waals surface area contributed by atoms with Gasteiger partial charge >= 0.3 is 5.69 Å². The Balaban J connectivity index is 2.07. The van der Waals surface area contributed by atoms with Crippen molar-refractivity contribution in [3.05, 3.63) is 22.2 Å². The summed E-state index contributed by atoms with van der Waals surface area (Å²) in [6.45, 7) is 0.713. The summed E-state index contributed by atoms with van der Waals surface area (Å²) in [6, 6.07) is 2.82. The molecule has 0 aliphatic carbocycles. The maximum Gasteiger partial charge on any atom is 0.311 e. The monoisotopic (exact) mass is 254 g/mol. The lowest BCUT2D eigenvalue weighted by atomic mass is 10.1. The minimum absolute atomic E-state index is 0.0233. The Labute approximate surface area is 103 Å². The highest BCUT2D eigenvalue weighted by Crippen LogP contribution is 2.26. The van der Waals surface area contributed by atoms with Crippen molar-refractivity contribution < 1.29 is 4.92 Å². The molecule has 0 saturated carbocycles. The third kappa shape index (κ3) is 3.00. The Morgan fingerprint density at radius 3 is 3.12 bits per heavy atom. The SMILES string of the molecule is Nc1ccc([N+](=O)[O-])c(NCC2CCSC2)n1. The quantitative estimate of drug-likeness (QED) is 0.627. The van der Waals surface area contributed by atoms with E-state index in [0.29, 0.717) is 18.3 Å². The van der Waals surface area contributed by atoms with Crippen LogP contribution in [-0.2, 0) is 0 Å². The lowest BCUT2D eigenvalue weighted by Gasteiger charge is -2.10. The molecule has 7 heteroatoms. The van der Waals surface area contributed by atoms with Gasteiger partial charge in [-0.3, -0.25) is 10.1 Å². The van der Waals surface area contributed by atoms with Crippen molar-refractivity contribution in [1.29, 1.82) is 0 Å². The zero-order chi connectivity index (χ0) is 12.3. The lowest BCUT2D eigenvalue weighted by Crippen LogP contribution is -2.15. The molecule has 0 radical (unpaired) electrons. The molecular weight excluding hydrogens is 240 g/mol. The highest BCUT2D eigenvalue weighted by atomic mass is 32.2. The van der Waals surface area contributed by atoms with Gasteiger partial charge in [0.1, 0.15) is 5.82 Å². The van der Waals surface area contributed by atoms with Gasteiger partial charge in [-0.15, -0.1) is 0 Å². The van der Waals surface area contributed by atoms with Gasteiger partial charge in [0.15, 0.2) is 0 Å². The largest absolute Gasteiger partial charge is 0.384 e. The molecule has 1 unspecified atom stereocenters. The number of thioether (sulfide) groups is 1. The van der Waals surface area contributed by atoms with Gasteiger partial charge in [-0.25, -0.2) is 4.98 Å². The van der Waals surface area contributed by atoms with E-state index in [1.165, 1.54) is 17.9 Å². The maximum absolute atomic E-state index is 10.8. The van der Waals surface area contributed by atoms with Crippen LogP contribution >= 0.6 is 11.8 Å². The fourth-order valence-electron chi connectivity index (χ4n) is 1.73. The van der Waals surface area contributed by atoms with Crippen LogP contribution < -0.4 is 11.1 Å². The zero-order valence-electron chi connectivity index (χ0n) is 9.26. The summed E-state index contributed by atoms with van der Waals surface area (Å²) >= 11 is 1.91. The Morgan fingerprint density at radius 1 is 1.65 bits per heavy atom. The summed E-state index contributed by atoms with van der Waals surface area (Å²) in [7, 11) is 0.